The molecular weight excluding hydrogens is 300 g/mol. The van der Waals surface area contributed by atoms with Gasteiger partial charge in [-0.3, -0.25) is 0 Å². The van der Waals surface area contributed by atoms with Crippen molar-refractivity contribution in [1.29, 1.82) is 0 Å². The molecule has 6 nitrogen and oxygen atoms in total. The minimum absolute atomic E-state index is 0.0928. The molecule has 0 N–H and O–H groups in total. The maximum Gasteiger partial charge on any atom is 0.377 e. The van der Waals surface area contributed by atoms with Gasteiger partial charge in [-0.2, -0.15) is 0 Å². The number of esters is 2. The highest BCUT2D eigenvalue weighted by Crippen LogP contribution is 2.25. The number of halogens is 1. The molecule has 0 amide bonds. The quantitative estimate of drug-likeness (QED) is 0.456. The number of hydrogen-bond acceptors (Lipinski definition) is 6. The third kappa shape index (κ3) is 4.68. The smallest absolute Gasteiger partial charge is 0.377 e. The lowest BCUT2D eigenvalue weighted by Gasteiger charge is -2.12. The fraction of sp³-hybridized carbons (Fsp3) is 0.286. The second-order valence-corrected chi connectivity index (χ2v) is 4.11. The van der Waals surface area contributed by atoms with Crippen molar-refractivity contribution in [3.63, 3.8) is 0 Å². The van der Waals surface area contributed by atoms with Crippen LogP contribution in [0.1, 0.15) is 17.3 Å². The maximum atomic E-state index is 11.9. The third-order valence-corrected chi connectivity index (χ3v) is 2.50. The van der Waals surface area contributed by atoms with Crippen molar-refractivity contribution in [3.05, 3.63) is 40.8 Å². The summed E-state index contributed by atoms with van der Waals surface area (Å²) in [5.41, 5.74) is 0.0928. The molecule has 0 aromatic heterocycles. The summed E-state index contributed by atoms with van der Waals surface area (Å²) in [5, 5.41) is 0.334. The molecule has 7 heteroatoms. The van der Waals surface area contributed by atoms with Gasteiger partial charge in [0.25, 0.3) is 0 Å². The second kappa shape index (κ2) is 8.16. The van der Waals surface area contributed by atoms with Crippen LogP contribution in [-0.2, 0) is 19.0 Å². The average molecular weight is 315 g/mol. The van der Waals surface area contributed by atoms with Crippen molar-refractivity contribution < 1.29 is 28.5 Å². The van der Waals surface area contributed by atoms with Gasteiger partial charge in [0, 0.05) is 5.02 Å². The molecule has 0 atom stereocenters. The zero-order valence-corrected chi connectivity index (χ0v) is 12.6. The van der Waals surface area contributed by atoms with Crippen LogP contribution in [0.15, 0.2) is 30.2 Å². The number of benzene rings is 1. The van der Waals surface area contributed by atoms with Crippen molar-refractivity contribution in [2.24, 2.45) is 0 Å². The summed E-state index contributed by atoms with van der Waals surface area (Å²) in [6.45, 7) is 1.87. The number of carbonyl (C=O) groups is 2. The van der Waals surface area contributed by atoms with E-state index in [1.807, 2.05) is 0 Å². The predicted octanol–water partition coefficient (Wildman–Crippen LogP) is 2.56. The molecule has 0 radical (unpaired) electrons. The molecule has 114 valence electrons. The lowest BCUT2D eigenvalue weighted by atomic mass is 10.2. The Morgan fingerprint density at radius 2 is 2.00 bits per heavy atom. The third-order valence-electron chi connectivity index (χ3n) is 2.27. The molecule has 0 heterocycles. The first-order chi connectivity index (χ1) is 10.0. The summed E-state index contributed by atoms with van der Waals surface area (Å²) in [4.78, 5) is 23.4. The number of hydrogen-bond donors (Lipinski definition) is 0. The molecule has 0 saturated heterocycles. The molecule has 0 spiro atoms. The van der Waals surface area contributed by atoms with Crippen molar-refractivity contribution in [2.45, 2.75) is 6.92 Å². The van der Waals surface area contributed by atoms with Crippen LogP contribution >= 0.6 is 11.6 Å². The topological polar surface area (TPSA) is 71.1 Å². The van der Waals surface area contributed by atoms with Gasteiger partial charge in [0.2, 0.25) is 5.76 Å². The van der Waals surface area contributed by atoms with E-state index in [4.69, 9.17) is 25.8 Å². The Bertz CT molecular complexity index is 552. The Morgan fingerprint density at radius 1 is 1.29 bits per heavy atom. The molecule has 0 aliphatic heterocycles. The molecule has 0 unspecified atom stereocenters. The van der Waals surface area contributed by atoms with Crippen molar-refractivity contribution in [2.75, 3.05) is 20.8 Å². The van der Waals surface area contributed by atoms with E-state index in [0.29, 0.717) is 5.02 Å². The molecule has 1 rings (SSSR count). The summed E-state index contributed by atoms with van der Waals surface area (Å²) in [7, 11) is 2.55. The van der Waals surface area contributed by atoms with Crippen LogP contribution in [0.3, 0.4) is 0 Å². The van der Waals surface area contributed by atoms with Gasteiger partial charge in [0.05, 0.1) is 20.8 Å². The molecule has 0 aliphatic carbocycles. The summed E-state index contributed by atoms with van der Waals surface area (Å²) in [6.07, 6.45) is 1.06. The highest BCUT2D eigenvalue weighted by atomic mass is 35.5. The van der Waals surface area contributed by atoms with Crippen LogP contribution in [0.5, 0.6) is 5.75 Å². The van der Waals surface area contributed by atoms with E-state index in [0.717, 1.165) is 6.26 Å². The highest BCUT2D eigenvalue weighted by Gasteiger charge is 2.19. The van der Waals surface area contributed by atoms with E-state index in [-0.39, 0.29) is 23.7 Å². The first-order valence-electron chi connectivity index (χ1n) is 5.99. The lowest BCUT2D eigenvalue weighted by Crippen LogP contribution is -2.14. The Balaban J connectivity index is 3.14. The summed E-state index contributed by atoms with van der Waals surface area (Å²) < 4.78 is 19.6. The molecule has 0 bridgehead atoms. The molecular formula is C14H15ClO6. The summed E-state index contributed by atoms with van der Waals surface area (Å²) in [6, 6.07) is 4.35. The SMILES string of the molecule is CCOC(=O)c1cc(Cl)ccc1OC(=COC)C(=O)OC. The van der Waals surface area contributed by atoms with Crippen LogP contribution in [0.25, 0.3) is 0 Å². The van der Waals surface area contributed by atoms with E-state index in [1.165, 1.54) is 32.4 Å². The largest absolute Gasteiger partial charge is 0.500 e. The van der Waals surface area contributed by atoms with Crippen molar-refractivity contribution in [1.82, 2.24) is 0 Å². The number of ether oxygens (including phenoxy) is 4. The van der Waals surface area contributed by atoms with Gasteiger partial charge in [0.1, 0.15) is 17.6 Å². The zero-order chi connectivity index (χ0) is 15.8. The standard InChI is InChI=1S/C14H15ClO6/c1-4-20-13(16)10-7-9(15)5-6-11(10)21-12(8-18-2)14(17)19-3/h5-8H,4H2,1-3H3. The Kier molecular flexibility index (Phi) is 6.55. The van der Waals surface area contributed by atoms with Crippen LogP contribution in [0.4, 0.5) is 0 Å². The van der Waals surface area contributed by atoms with Crippen LogP contribution in [0, 0.1) is 0 Å². The average Bonchev–Trinajstić information content (AvgIpc) is 2.47. The lowest BCUT2D eigenvalue weighted by molar-refractivity contribution is -0.138. The monoisotopic (exact) mass is 314 g/mol. The van der Waals surface area contributed by atoms with Crippen LogP contribution < -0.4 is 4.74 Å². The summed E-state index contributed by atoms with van der Waals surface area (Å²) >= 11 is 5.85. The number of rotatable bonds is 6. The van der Waals surface area contributed by atoms with Crippen LogP contribution in [-0.4, -0.2) is 32.8 Å². The Labute approximate surface area is 127 Å². The van der Waals surface area contributed by atoms with Crippen LogP contribution in [0.2, 0.25) is 5.02 Å². The Hall–Kier alpha value is -2.21. The van der Waals surface area contributed by atoms with Gasteiger partial charge in [-0.1, -0.05) is 11.6 Å². The van der Waals surface area contributed by atoms with Crippen molar-refractivity contribution in [3.8, 4) is 5.75 Å². The molecule has 0 saturated carbocycles. The van der Waals surface area contributed by atoms with Gasteiger partial charge in [-0.15, -0.1) is 0 Å². The van der Waals surface area contributed by atoms with Gasteiger partial charge in [-0.05, 0) is 25.1 Å². The molecule has 1 aromatic rings. The number of methoxy groups -OCH3 is 2. The van der Waals surface area contributed by atoms with E-state index >= 15 is 0 Å². The fourth-order valence-corrected chi connectivity index (χ4v) is 1.57. The Morgan fingerprint density at radius 3 is 2.57 bits per heavy atom. The molecule has 1 aromatic carbocycles. The van der Waals surface area contributed by atoms with E-state index in [9.17, 15) is 9.59 Å². The maximum absolute atomic E-state index is 11.9. The van der Waals surface area contributed by atoms with Gasteiger partial charge in [-0.25, -0.2) is 9.59 Å². The van der Waals surface area contributed by atoms with E-state index in [2.05, 4.69) is 4.74 Å². The number of carbonyl (C=O) groups excluding carboxylic acids is 2. The van der Waals surface area contributed by atoms with Crippen molar-refractivity contribution >= 4 is 23.5 Å². The van der Waals surface area contributed by atoms with Gasteiger partial charge < -0.3 is 18.9 Å². The van der Waals surface area contributed by atoms with Gasteiger partial charge in [0.15, 0.2) is 0 Å². The minimum atomic E-state index is -0.749. The first-order valence-corrected chi connectivity index (χ1v) is 6.37. The second-order valence-electron chi connectivity index (χ2n) is 3.67. The zero-order valence-electron chi connectivity index (χ0n) is 11.8. The molecule has 0 fully saturated rings. The predicted molar refractivity (Wildman–Crippen MR) is 75.1 cm³/mol. The van der Waals surface area contributed by atoms with E-state index < -0.39 is 11.9 Å². The van der Waals surface area contributed by atoms with E-state index in [1.54, 1.807) is 6.92 Å². The first kappa shape index (κ1) is 16.8. The molecule has 0 aliphatic rings. The highest BCUT2D eigenvalue weighted by molar-refractivity contribution is 6.31. The summed E-state index contributed by atoms with van der Waals surface area (Å²) in [5.74, 6) is -1.47. The van der Waals surface area contributed by atoms with Gasteiger partial charge >= 0.3 is 11.9 Å². The fourth-order valence-electron chi connectivity index (χ4n) is 1.40. The molecule has 21 heavy (non-hydrogen) atoms. The minimum Gasteiger partial charge on any atom is -0.500 e. The normalized spacial score (nSPS) is 10.8.